The van der Waals surface area contributed by atoms with E-state index in [0.29, 0.717) is 6.42 Å². The van der Waals surface area contributed by atoms with Crippen molar-refractivity contribution in [2.75, 3.05) is 45.8 Å². The molecule has 4 N–H and O–H groups in total. The Labute approximate surface area is 110 Å². The molecule has 1 rings (SSSR count). The third-order valence-corrected chi connectivity index (χ3v) is 3.05. The molecule has 0 unspecified atom stereocenters. The van der Waals surface area contributed by atoms with Crippen LogP contribution in [0.2, 0.25) is 0 Å². The zero-order valence-corrected chi connectivity index (χ0v) is 11.4. The van der Waals surface area contributed by atoms with E-state index in [1.165, 1.54) is 12.8 Å². The summed E-state index contributed by atoms with van der Waals surface area (Å²) in [5.74, 6) is 0.157. The second-order valence-electron chi connectivity index (χ2n) is 4.76. The molecule has 0 aromatic heterocycles. The summed E-state index contributed by atoms with van der Waals surface area (Å²) < 4.78 is 0. The fourth-order valence-electron chi connectivity index (χ4n) is 1.94. The van der Waals surface area contributed by atoms with Crippen LogP contribution in [0.1, 0.15) is 32.1 Å². The molecule has 5 nitrogen and oxygen atoms in total. The summed E-state index contributed by atoms with van der Waals surface area (Å²) in [5.41, 5.74) is 0. The van der Waals surface area contributed by atoms with Crippen molar-refractivity contribution in [1.82, 2.24) is 21.3 Å². The monoisotopic (exact) mass is 256 g/mol. The number of amides is 1. The first-order valence-corrected chi connectivity index (χ1v) is 7.28. The van der Waals surface area contributed by atoms with E-state index in [1.54, 1.807) is 0 Å². The van der Waals surface area contributed by atoms with Crippen LogP contribution in [-0.4, -0.2) is 51.7 Å². The number of hydrogen-bond donors (Lipinski definition) is 4. The average molecular weight is 256 g/mol. The molecule has 1 heterocycles. The molecule has 0 atom stereocenters. The van der Waals surface area contributed by atoms with Gasteiger partial charge in [0.2, 0.25) is 5.91 Å². The Balaban J connectivity index is 2.11. The van der Waals surface area contributed by atoms with Gasteiger partial charge in [-0.3, -0.25) is 4.79 Å². The van der Waals surface area contributed by atoms with Gasteiger partial charge in [-0.1, -0.05) is 0 Å². The van der Waals surface area contributed by atoms with Gasteiger partial charge in [0.15, 0.2) is 0 Å². The van der Waals surface area contributed by atoms with Gasteiger partial charge < -0.3 is 21.3 Å². The van der Waals surface area contributed by atoms with E-state index in [9.17, 15) is 4.79 Å². The van der Waals surface area contributed by atoms with E-state index >= 15 is 0 Å². The van der Waals surface area contributed by atoms with Crippen molar-refractivity contribution in [1.29, 1.82) is 0 Å². The van der Waals surface area contributed by atoms with Crippen LogP contribution in [0.5, 0.6) is 0 Å². The van der Waals surface area contributed by atoms with Gasteiger partial charge in [-0.25, -0.2) is 0 Å². The molecule has 18 heavy (non-hydrogen) atoms. The van der Waals surface area contributed by atoms with Gasteiger partial charge >= 0.3 is 0 Å². The lowest BCUT2D eigenvalue weighted by Gasteiger charge is -2.06. The lowest BCUT2D eigenvalue weighted by molar-refractivity contribution is -0.120. The smallest absolute Gasteiger partial charge is 0.221 e. The van der Waals surface area contributed by atoms with Crippen molar-refractivity contribution in [3.8, 4) is 0 Å². The van der Waals surface area contributed by atoms with E-state index in [-0.39, 0.29) is 5.91 Å². The molecule has 1 amide bonds. The lowest BCUT2D eigenvalue weighted by Crippen LogP contribution is -2.30. The van der Waals surface area contributed by atoms with Crippen LogP contribution in [0.25, 0.3) is 0 Å². The number of rotatable bonds is 0. The van der Waals surface area contributed by atoms with Crippen LogP contribution in [-0.2, 0) is 4.79 Å². The second kappa shape index (κ2) is 11.4. The van der Waals surface area contributed by atoms with E-state index in [2.05, 4.69) is 21.3 Å². The molecule has 1 aliphatic heterocycles. The van der Waals surface area contributed by atoms with E-state index in [0.717, 1.165) is 58.7 Å². The molecular weight excluding hydrogens is 228 g/mol. The average Bonchev–Trinajstić information content (AvgIpc) is 2.37. The largest absolute Gasteiger partial charge is 0.356 e. The number of carbonyl (C=O) groups excluding carboxylic acids is 1. The summed E-state index contributed by atoms with van der Waals surface area (Å²) in [4.78, 5) is 11.4. The first kappa shape index (κ1) is 15.4. The summed E-state index contributed by atoms with van der Waals surface area (Å²) in [6.45, 7) is 6.80. The molecule has 1 aliphatic rings. The zero-order valence-electron chi connectivity index (χ0n) is 11.4. The van der Waals surface area contributed by atoms with Crippen molar-refractivity contribution < 1.29 is 4.79 Å². The van der Waals surface area contributed by atoms with Crippen LogP contribution in [0.3, 0.4) is 0 Å². The highest BCUT2D eigenvalue weighted by Gasteiger charge is 2.00. The van der Waals surface area contributed by atoms with Gasteiger partial charge in [-0.2, -0.15) is 0 Å². The highest BCUT2D eigenvalue weighted by molar-refractivity contribution is 5.75. The zero-order chi connectivity index (χ0) is 12.9. The third-order valence-electron chi connectivity index (χ3n) is 3.05. The minimum absolute atomic E-state index is 0.157. The molecule has 0 aromatic rings. The van der Waals surface area contributed by atoms with Gasteiger partial charge in [0.05, 0.1) is 0 Å². The predicted octanol–water partition coefficient (Wildman–Crippen LogP) is -0.164. The first-order chi connectivity index (χ1) is 8.89. The molecular formula is C13H28N4O. The highest BCUT2D eigenvalue weighted by atomic mass is 16.1. The van der Waals surface area contributed by atoms with Crippen molar-refractivity contribution in [2.45, 2.75) is 32.1 Å². The van der Waals surface area contributed by atoms with Crippen LogP contribution < -0.4 is 21.3 Å². The van der Waals surface area contributed by atoms with Crippen molar-refractivity contribution in [2.24, 2.45) is 0 Å². The van der Waals surface area contributed by atoms with Crippen LogP contribution in [0, 0.1) is 0 Å². The fraction of sp³-hybridized carbons (Fsp3) is 0.923. The van der Waals surface area contributed by atoms with Crippen molar-refractivity contribution >= 4 is 5.91 Å². The topological polar surface area (TPSA) is 65.2 Å². The normalized spacial score (nSPS) is 23.0. The lowest BCUT2D eigenvalue weighted by atomic mass is 10.3. The Kier molecular flexibility index (Phi) is 9.79. The number of nitrogens with one attached hydrogen (secondary N) is 4. The second-order valence-corrected chi connectivity index (χ2v) is 4.76. The van der Waals surface area contributed by atoms with Gasteiger partial charge in [0.1, 0.15) is 0 Å². The molecule has 1 saturated heterocycles. The van der Waals surface area contributed by atoms with E-state index in [4.69, 9.17) is 0 Å². The van der Waals surface area contributed by atoms with Crippen molar-refractivity contribution in [3.05, 3.63) is 0 Å². The van der Waals surface area contributed by atoms with Gasteiger partial charge in [-0.05, 0) is 58.4 Å². The molecule has 0 aromatic carbocycles. The first-order valence-electron chi connectivity index (χ1n) is 7.28. The summed E-state index contributed by atoms with van der Waals surface area (Å²) >= 11 is 0. The fourth-order valence-corrected chi connectivity index (χ4v) is 1.94. The predicted molar refractivity (Wildman–Crippen MR) is 74.7 cm³/mol. The van der Waals surface area contributed by atoms with Gasteiger partial charge in [-0.15, -0.1) is 0 Å². The summed E-state index contributed by atoms with van der Waals surface area (Å²) in [6, 6.07) is 0. The van der Waals surface area contributed by atoms with Gasteiger partial charge in [0, 0.05) is 19.5 Å². The van der Waals surface area contributed by atoms with Gasteiger partial charge in [0.25, 0.3) is 0 Å². The van der Waals surface area contributed by atoms with Crippen LogP contribution >= 0.6 is 0 Å². The highest BCUT2D eigenvalue weighted by Crippen LogP contribution is 1.87. The molecule has 1 fully saturated rings. The Morgan fingerprint density at radius 2 is 1.11 bits per heavy atom. The minimum Gasteiger partial charge on any atom is -0.356 e. The maximum atomic E-state index is 11.4. The number of hydrogen-bond acceptors (Lipinski definition) is 4. The van der Waals surface area contributed by atoms with E-state index < -0.39 is 0 Å². The quantitative estimate of drug-likeness (QED) is 0.486. The summed E-state index contributed by atoms with van der Waals surface area (Å²) in [5, 5.41) is 13.1. The summed E-state index contributed by atoms with van der Waals surface area (Å²) in [6.07, 6.45) is 5.17. The molecule has 0 saturated carbocycles. The molecule has 0 bridgehead atoms. The Bertz CT molecular complexity index is 191. The molecule has 0 aliphatic carbocycles. The van der Waals surface area contributed by atoms with Crippen molar-refractivity contribution in [3.63, 3.8) is 0 Å². The molecule has 0 spiro atoms. The SMILES string of the molecule is O=C1CCNCCCNCCCCNCCCN1. The Morgan fingerprint density at radius 1 is 0.611 bits per heavy atom. The van der Waals surface area contributed by atoms with Crippen LogP contribution in [0.4, 0.5) is 0 Å². The van der Waals surface area contributed by atoms with Crippen LogP contribution in [0.15, 0.2) is 0 Å². The summed E-state index contributed by atoms with van der Waals surface area (Å²) in [7, 11) is 0. The maximum absolute atomic E-state index is 11.4. The Hall–Kier alpha value is -0.650. The molecule has 106 valence electrons. The molecule has 5 heteroatoms. The maximum Gasteiger partial charge on any atom is 0.221 e. The molecule has 0 radical (unpaired) electrons. The van der Waals surface area contributed by atoms with E-state index in [1.807, 2.05) is 0 Å². The third kappa shape index (κ3) is 9.39. The minimum atomic E-state index is 0.157. The number of carbonyl (C=O) groups is 1. The Morgan fingerprint density at radius 3 is 1.78 bits per heavy atom. The standard InChI is InChI=1S/C13H28N4O/c18-13-5-12-16-9-3-8-14-6-1-2-7-15-10-4-11-17-13/h14-16H,1-12H2,(H,17,18).